The Morgan fingerprint density at radius 1 is 1.09 bits per heavy atom. The topological polar surface area (TPSA) is 55.4 Å². The Morgan fingerprint density at radius 2 is 1.82 bits per heavy atom. The number of halogens is 2. The molecule has 0 aliphatic rings. The van der Waals surface area contributed by atoms with Crippen LogP contribution in [-0.4, -0.2) is 18.3 Å². The molecule has 0 radical (unpaired) electrons. The molecule has 1 amide bonds. The van der Waals surface area contributed by atoms with Gasteiger partial charge >= 0.3 is 0 Å². The van der Waals surface area contributed by atoms with E-state index in [1.165, 1.54) is 6.92 Å². The van der Waals surface area contributed by atoms with Gasteiger partial charge in [-0.3, -0.25) is 9.59 Å². The first-order valence-corrected chi connectivity index (χ1v) is 7.21. The molecule has 1 N–H and O–H groups in total. The highest BCUT2D eigenvalue weighted by Gasteiger charge is 2.11. The summed E-state index contributed by atoms with van der Waals surface area (Å²) in [7, 11) is 0. The van der Waals surface area contributed by atoms with Gasteiger partial charge < -0.3 is 10.1 Å². The van der Waals surface area contributed by atoms with Gasteiger partial charge in [-0.15, -0.1) is 0 Å². The number of ether oxygens (including phenoxy) is 1. The summed E-state index contributed by atoms with van der Waals surface area (Å²) in [6.45, 7) is 1.20. The lowest BCUT2D eigenvalue weighted by Gasteiger charge is -2.11. The van der Waals surface area contributed by atoms with Crippen LogP contribution < -0.4 is 10.1 Å². The predicted octanol–water partition coefficient (Wildman–Crippen LogP) is 4.21. The molecule has 0 bridgehead atoms. The molecule has 2 aromatic carbocycles. The second kappa shape index (κ2) is 7.29. The van der Waals surface area contributed by atoms with E-state index in [9.17, 15) is 9.59 Å². The van der Waals surface area contributed by atoms with E-state index in [2.05, 4.69) is 5.32 Å². The highest BCUT2D eigenvalue weighted by atomic mass is 35.5. The number of Topliss-reactive ketones (excluding diaryl/α,β-unsaturated/α-hetero) is 1. The number of carbonyl (C=O) groups is 2. The van der Waals surface area contributed by atoms with E-state index < -0.39 is 5.91 Å². The number of para-hydroxylation sites is 1. The van der Waals surface area contributed by atoms with Crippen LogP contribution in [0.1, 0.15) is 17.3 Å². The maximum absolute atomic E-state index is 11.9. The molecule has 2 rings (SSSR count). The van der Waals surface area contributed by atoms with Crippen LogP contribution in [0.25, 0.3) is 0 Å². The molecule has 0 aliphatic heterocycles. The van der Waals surface area contributed by atoms with Crippen LogP contribution in [0.2, 0.25) is 10.0 Å². The number of hydrogen-bond acceptors (Lipinski definition) is 3. The third kappa shape index (κ3) is 4.00. The minimum Gasteiger partial charge on any atom is -0.483 e. The van der Waals surface area contributed by atoms with E-state index in [1.54, 1.807) is 42.5 Å². The monoisotopic (exact) mass is 337 g/mol. The zero-order chi connectivity index (χ0) is 16.1. The molecule has 0 unspecified atom stereocenters. The van der Waals surface area contributed by atoms with Crippen LogP contribution in [0.4, 0.5) is 5.69 Å². The molecule has 2 aromatic rings. The molecule has 0 spiro atoms. The van der Waals surface area contributed by atoms with E-state index in [4.69, 9.17) is 27.9 Å². The average Bonchev–Trinajstić information content (AvgIpc) is 2.50. The lowest BCUT2D eigenvalue weighted by atomic mass is 10.1. The summed E-state index contributed by atoms with van der Waals surface area (Å²) in [6, 6.07) is 11.7. The highest BCUT2D eigenvalue weighted by molar-refractivity contribution is 6.44. The number of ketones is 1. The lowest BCUT2D eigenvalue weighted by molar-refractivity contribution is -0.118. The maximum atomic E-state index is 11.9. The molecular formula is C16H13Cl2NO3. The summed E-state index contributed by atoms with van der Waals surface area (Å²) in [6.07, 6.45) is 0. The summed E-state index contributed by atoms with van der Waals surface area (Å²) < 4.78 is 5.39. The van der Waals surface area contributed by atoms with Crippen molar-refractivity contribution in [2.45, 2.75) is 6.92 Å². The van der Waals surface area contributed by atoms with Gasteiger partial charge in [0.2, 0.25) is 0 Å². The largest absolute Gasteiger partial charge is 0.483 e. The number of rotatable bonds is 5. The van der Waals surface area contributed by atoms with E-state index in [0.717, 1.165) is 0 Å². The number of nitrogens with one attached hydrogen (secondary N) is 1. The van der Waals surface area contributed by atoms with Crippen molar-refractivity contribution in [2.24, 2.45) is 0 Å². The zero-order valence-electron chi connectivity index (χ0n) is 11.7. The van der Waals surface area contributed by atoms with Crippen LogP contribution in [-0.2, 0) is 4.79 Å². The second-order valence-electron chi connectivity index (χ2n) is 4.49. The third-order valence-corrected chi connectivity index (χ3v) is 3.67. The van der Waals surface area contributed by atoms with Crippen LogP contribution in [0.5, 0.6) is 5.75 Å². The summed E-state index contributed by atoms with van der Waals surface area (Å²) in [5.74, 6) is -0.168. The molecule has 114 valence electrons. The molecule has 0 aliphatic carbocycles. The summed E-state index contributed by atoms with van der Waals surface area (Å²) in [5, 5.41) is 3.22. The SMILES string of the molecule is CC(=O)c1ccccc1OCC(=O)Nc1cccc(Cl)c1Cl. The standard InChI is InChI=1S/C16H13Cl2NO3/c1-10(20)11-5-2-3-8-14(11)22-9-15(21)19-13-7-4-6-12(17)16(13)18/h2-8H,9H2,1H3,(H,19,21). The fourth-order valence-electron chi connectivity index (χ4n) is 1.81. The number of carbonyl (C=O) groups excluding carboxylic acids is 2. The van der Waals surface area contributed by atoms with Gasteiger partial charge in [-0.2, -0.15) is 0 Å². The van der Waals surface area contributed by atoms with Crippen molar-refractivity contribution >= 4 is 40.6 Å². The van der Waals surface area contributed by atoms with Gasteiger partial charge in [-0.25, -0.2) is 0 Å². The van der Waals surface area contributed by atoms with Crippen LogP contribution in [0, 0.1) is 0 Å². The Kier molecular flexibility index (Phi) is 5.41. The van der Waals surface area contributed by atoms with Crippen molar-refractivity contribution in [1.82, 2.24) is 0 Å². The first-order valence-electron chi connectivity index (χ1n) is 6.45. The van der Waals surface area contributed by atoms with Gasteiger partial charge in [0.1, 0.15) is 5.75 Å². The maximum Gasteiger partial charge on any atom is 0.262 e. The molecule has 0 saturated carbocycles. The third-order valence-electron chi connectivity index (χ3n) is 2.85. The Bertz CT molecular complexity index is 716. The first kappa shape index (κ1) is 16.3. The Morgan fingerprint density at radius 3 is 2.55 bits per heavy atom. The molecule has 0 heterocycles. The van der Waals surface area contributed by atoms with Gasteiger partial charge in [0.25, 0.3) is 5.91 Å². The van der Waals surface area contributed by atoms with Gasteiger partial charge in [-0.05, 0) is 31.2 Å². The van der Waals surface area contributed by atoms with E-state index in [-0.39, 0.29) is 17.4 Å². The summed E-state index contributed by atoms with van der Waals surface area (Å²) in [5.41, 5.74) is 0.832. The molecule has 6 heteroatoms. The Labute approximate surface area is 138 Å². The van der Waals surface area contributed by atoms with Gasteiger partial charge in [0, 0.05) is 0 Å². The minimum absolute atomic E-state index is 0.131. The Hall–Kier alpha value is -2.04. The van der Waals surface area contributed by atoms with Crippen LogP contribution >= 0.6 is 23.2 Å². The highest BCUT2D eigenvalue weighted by Crippen LogP contribution is 2.29. The van der Waals surface area contributed by atoms with Crippen molar-refractivity contribution in [3.05, 3.63) is 58.1 Å². The average molecular weight is 338 g/mol. The Balaban J connectivity index is 2.02. The van der Waals surface area contributed by atoms with Gasteiger partial charge in [0.15, 0.2) is 12.4 Å². The summed E-state index contributed by atoms with van der Waals surface area (Å²) in [4.78, 5) is 23.4. The molecule has 0 atom stereocenters. The zero-order valence-corrected chi connectivity index (χ0v) is 13.2. The van der Waals surface area contributed by atoms with Crippen molar-refractivity contribution in [1.29, 1.82) is 0 Å². The van der Waals surface area contributed by atoms with Crippen molar-refractivity contribution in [3.63, 3.8) is 0 Å². The van der Waals surface area contributed by atoms with E-state index >= 15 is 0 Å². The quantitative estimate of drug-likeness (QED) is 0.831. The molecular weight excluding hydrogens is 325 g/mol. The normalized spacial score (nSPS) is 10.1. The molecule has 0 aromatic heterocycles. The second-order valence-corrected chi connectivity index (χ2v) is 5.28. The lowest BCUT2D eigenvalue weighted by Crippen LogP contribution is -2.21. The number of hydrogen-bond donors (Lipinski definition) is 1. The predicted molar refractivity (Wildman–Crippen MR) is 87.0 cm³/mol. The molecule has 22 heavy (non-hydrogen) atoms. The van der Waals surface area contributed by atoms with E-state index in [0.29, 0.717) is 22.0 Å². The van der Waals surface area contributed by atoms with E-state index in [1.807, 2.05) is 0 Å². The fraction of sp³-hybridized carbons (Fsp3) is 0.125. The van der Waals surface area contributed by atoms with Crippen LogP contribution in [0.3, 0.4) is 0 Å². The number of anilines is 1. The number of benzene rings is 2. The first-order chi connectivity index (χ1) is 10.5. The van der Waals surface area contributed by atoms with Gasteiger partial charge in [0.05, 0.1) is 21.3 Å². The van der Waals surface area contributed by atoms with Crippen molar-refractivity contribution in [2.75, 3.05) is 11.9 Å². The van der Waals surface area contributed by atoms with Crippen molar-refractivity contribution < 1.29 is 14.3 Å². The minimum atomic E-state index is -0.400. The number of amides is 1. The van der Waals surface area contributed by atoms with Crippen molar-refractivity contribution in [3.8, 4) is 5.75 Å². The molecule has 0 fully saturated rings. The fourth-order valence-corrected chi connectivity index (χ4v) is 2.16. The van der Waals surface area contributed by atoms with Crippen LogP contribution in [0.15, 0.2) is 42.5 Å². The summed E-state index contributed by atoms with van der Waals surface area (Å²) >= 11 is 11.9. The molecule has 0 saturated heterocycles. The molecule has 4 nitrogen and oxygen atoms in total. The smallest absolute Gasteiger partial charge is 0.262 e. The van der Waals surface area contributed by atoms with Gasteiger partial charge in [-0.1, -0.05) is 41.4 Å².